The molecule has 3 heterocycles. The van der Waals surface area contributed by atoms with Gasteiger partial charge in [-0.1, -0.05) is 60.7 Å². The summed E-state index contributed by atoms with van der Waals surface area (Å²) in [5.74, 6) is 0. The lowest BCUT2D eigenvalue weighted by Crippen LogP contribution is -2.41. The van der Waals surface area contributed by atoms with E-state index in [4.69, 9.17) is 9.31 Å². The van der Waals surface area contributed by atoms with Crippen LogP contribution in [-0.4, -0.2) is 22.7 Å². The number of nitrogens with zero attached hydrogens (tertiary/aromatic N) is 1. The number of hydrogen-bond acceptors (Lipinski definition) is 2. The first-order valence-electron chi connectivity index (χ1n) is 12.0. The molecule has 1 aliphatic heterocycles. The summed E-state index contributed by atoms with van der Waals surface area (Å²) in [7, 11) is -0.343. The molecule has 4 aromatic carbocycles. The standard InChI is InChI=1S/C30H26BNO2/c1-29(2)30(3,4)34-31(33-29)21-15-13-19(14-16-21)20-17-24-22-9-5-7-11-26(22)32-27-12-8-6-10-23(27)25(18-20)28(24)32/h5-18H,1-4H3. The van der Waals surface area contributed by atoms with E-state index in [1.165, 1.54) is 49.2 Å². The molecule has 0 aliphatic carbocycles. The molecule has 0 amide bonds. The fourth-order valence-electron chi connectivity index (χ4n) is 5.43. The summed E-state index contributed by atoms with van der Waals surface area (Å²) in [5, 5.41) is 5.19. The lowest BCUT2D eigenvalue weighted by Gasteiger charge is -2.32. The SMILES string of the molecule is CC1(C)OB(c2ccc(-c3cc4c5ccccc5n5c6ccccc6c(c3)c45)cc2)OC1(C)C. The van der Waals surface area contributed by atoms with Crippen molar-refractivity contribution in [3.05, 3.63) is 84.9 Å². The Balaban J connectivity index is 1.40. The maximum absolute atomic E-state index is 6.25. The quantitative estimate of drug-likeness (QED) is 0.275. The van der Waals surface area contributed by atoms with Crippen LogP contribution in [0.1, 0.15) is 27.7 Å². The van der Waals surface area contributed by atoms with Crippen LogP contribution in [0, 0.1) is 0 Å². The van der Waals surface area contributed by atoms with Crippen molar-refractivity contribution in [2.24, 2.45) is 0 Å². The van der Waals surface area contributed by atoms with Crippen LogP contribution in [0.3, 0.4) is 0 Å². The maximum atomic E-state index is 6.25. The molecule has 0 N–H and O–H groups in total. The second-order valence-corrected chi connectivity index (χ2v) is 10.5. The average Bonchev–Trinajstić information content (AvgIpc) is 3.42. The lowest BCUT2D eigenvalue weighted by atomic mass is 9.78. The molecule has 0 saturated carbocycles. The molecule has 1 fully saturated rings. The summed E-state index contributed by atoms with van der Waals surface area (Å²) >= 11 is 0. The molecule has 1 aliphatic rings. The van der Waals surface area contributed by atoms with Crippen LogP contribution < -0.4 is 5.46 Å². The van der Waals surface area contributed by atoms with Crippen molar-refractivity contribution in [2.45, 2.75) is 38.9 Å². The van der Waals surface area contributed by atoms with Crippen LogP contribution in [0.25, 0.3) is 49.2 Å². The maximum Gasteiger partial charge on any atom is 0.494 e. The van der Waals surface area contributed by atoms with Crippen molar-refractivity contribution < 1.29 is 9.31 Å². The second kappa shape index (κ2) is 6.62. The van der Waals surface area contributed by atoms with Gasteiger partial charge in [0.2, 0.25) is 0 Å². The van der Waals surface area contributed by atoms with Gasteiger partial charge in [-0.25, -0.2) is 0 Å². The van der Waals surface area contributed by atoms with Gasteiger partial charge < -0.3 is 13.7 Å². The molecule has 2 aromatic heterocycles. The molecule has 0 atom stereocenters. The zero-order chi connectivity index (χ0) is 23.2. The van der Waals surface area contributed by atoms with Crippen LogP contribution in [0.5, 0.6) is 0 Å². The van der Waals surface area contributed by atoms with Crippen molar-refractivity contribution in [1.29, 1.82) is 0 Å². The third-order valence-corrected chi connectivity index (χ3v) is 7.97. The Bertz CT molecular complexity index is 1610. The van der Waals surface area contributed by atoms with Crippen molar-refractivity contribution in [3.63, 3.8) is 0 Å². The predicted octanol–water partition coefficient (Wildman–Crippen LogP) is 6.80. The third-order valence-electron chi connectivity index (χ3n) is 7.97. The van der Waals surface area contributed by atoms with Gasteiger partial charge in [-0.2, -0.15) is 0 Å². The Morgan fingerprint density at radius 2 is 1.09 bits per heavy atom. The molecule has 1 saturated heterocycles. The monoisotopic (exact) mass is 443 g/mol. The lowest BCUT2D eigenvalue weighted by molar-refractivity contribution is 0.00578. The van der Waals surface area contributed by atoms with E-state index < -0.39 is 0 Å². The minimum absolute atomic E-state index is 0.340. The Kier molecular flexibility index (Phi) is 3.91. The normalized spacial score (nSPS) is 17.6. The van der Waals surface area contributed by atoms with Crippen LogP contribution in [0.4, 0.5) is 0 Å². The molecular formula is C30H26BNO2. The zero-order valence-electron chi connectivity index (χ0n) is 19.9. The largest absolute Gasteiger partial charge is 0.494 e. The van der Waals surface area contributed by atoms with Crippen LogP contribution >= 0.6 is 0 Å². The van der Waals surface area contributed by atoms with E-state index in [1.54, 1.807) is 0 Å². The molecule has 3 nitrogen and oxygen atoms in total. The van der Waals surface area contributed by atoms with Gasteiger partial charge >= 0.3 is 7.12 Å². The topological polar surface area (TPSA) is 22.9 Å². The minimum Gasteiger partial charge on any atom is -0.399 e. The highest BCUT2D eigenvalue weighted by Crippen LogP contribution is 2.41. The second-order valence-electron chi connectivity index (χ2n) is 10.5. The van der Waals surface area contributed by atoms with Crippen molar-refractivity contribution in [3.8, 4) is 11.1 Å². The van der Waals surface area contributed by atoms with E-state index in [2.05, 4.69) is 117 Å². The predicted molar refractivity (Wildman–Crippen MR) is 142 cm³/mol. The highest BCUT2D eigenvalue weighted by Gasteiger charge is 2.51. The van der Waals surface area contributed by atoms with E-state index in [0.717, 1.165) is 5.46 Å². The Morgan fingerprint density at radius 1 is 0.588 bits per heavy atom. The minimum atomic E-state index is -0.343. The third kappa shape index (κ3) is 2.61. The fraction of sp³-hybridized carbons (Fsp3) is 0.200. The first-order valence-corrected chi connectivity index (χ1v) is 12.0. The molecule has 0 unspecified atom stereocenters. The Morgan fingerprint density at radius 3 is 1.62 bits per heavy atom. The van der Waals surface area contributed by atoms with Gasteiger partial charge in [0.25, 0.3) is 0 Å². The van der Waals surface area contributed by atoms with E-state index in [9.17, 15) is 0 Å². The summed E-state index contributed by atoms with van der Waals surface area (Å²) < 4.78 is 14.9. The number of para-hydroxylation sites is 2. The van der Waals surface area contributed by atoms with Crippen LogP contribution in [0.15, 0.2) is 84.9 Å². The van der Waals surface area contributed by atoms with Gasteiger partial charge in [0.1, 0.15) is 0 Å². The van der Waals surface area contributed by atoms with Gasteiger partial charge in [0.05, 0.1) is 27.8 Å². The summed E-state index contributed by atoms with van der Waals surface area (Å²) in [4.78, 5) is 0. The molecule has 4 heteroatoms. The van der Waals surface area contributed by atoms with E-state index in [-0.39, 0.29) is 18.3 Å². The molecule has 0 radical (unpaired) electrons. The number of rotatable bonds is 2. The summed E-state index contributed by atoms with van der Waals surface area (Å²) in [6.07, 6.45) is 0. The summed E-state index contributed by atoms with van der Waals surface area (Å²) in [6.45, 7) is 8.36. The van der Waals surface area contributed by atoms with Crippen molar-refractivity contribution in [2.75, 3.05) is 0 Å². The van der Waals surface area contributed by atoms with Crippen molar-refractivity contribution in [1.82, 2.24) is 4.40 Å². The van der Waals surface area contributed by atoms with E-state index >= 15 is 0 Å². The molecular weight excluding hydrogens is 417 g/mol. The number of hydrogen-bond donors (Lipinski definition) is 0. The molecule has 0 bridgehead atoms. The van der Waals surface area contributed by atoms with E-state index in [1.807, 2.05) is 0 Å². The fourth-order valence-corrected chi connectivity index (χ4v) is 5.43. The van der Waals surface area contributed by atoms with Gasteiger partial charge in [0.15, 0.2) is 0 Å². The first kappa shape index (κ1) is 20.1. The van der Waals surface area contributed by atoms with Crippen LogP contribution in [-0.2, 0) is 9.31 Å². The highest BCUT2D eigenvalue weighted by atomic mass is 16.7. The molecule has 34 heavy (non-hydrogen) atoms. The first-order chi connectivity index (χ1) is 16.3. The Hall–Kier alpha value is -3.34. The van der Waals surface area contributed by atoms with Crippen molar-refractivity contribution >= 4 is 50.7 Å². The van der Waals surface area contributed by atoms with Gasteiger partial charge in [-0.3, -0.25) is 0 Å². The van der Waals surface area contributed by atoms with Crippen LogP contribution in [0.2, 0.25) is 0 Å². The Labute approximate surface area is 199 Å². The highest BCUT2D eigenvalue weighted by molar-refractivity contribution is 6.62. The summed E-state index contributed by atoms with van der Waals surface area (Å²) in [6, 6.07) is 30.8. The number of benzene rings is 4. The number of fused-ring (bicyclic) bond motifs is 6. The van der Waals surface area contributed by atoms with Gasteiger partial charge in [0, 0.05) is 21.5 Å². The van der Waals surface area contributed by atoms with E-state index in [0.29, 0.717) is 0 Å². The zero-order valence-corrected chi connectivity index (χ0v) is 19.9. The van der Waals surface area contributed by atoms with Gasteiger partial charge in [-0.15, -0.1) is 0 Å². The molecule has 166 valence electrons. The molecule has 7 rings (SSSR count). The summed E-state index contributed by atoms with van der Waals surface area (Å²) in [5.41, 5.74) is 6.62. The molecule has 0 spiro atoms. The molecule has 6 aromatic rings. The smallest absolute Gasteiger partial charge is 0.399 e. The van der Waals surface area contributed by atoms with Gasteiger partial charge in [-0.05, 0) is 68.6 Å². The number of aromatic nitrogens is 1. The average molecular weight is 443 g/mol.